The van der Waals surface area contributed by atoms with Gasteiger partial charge >= 0.3 is 0 Å². The number of hydrogen-bond acceptors (Lipinski definition) is 5. The van der Waals surface area contributed by atoms with E-state index in [9.17, 15) is 4.39 Å². The second kappa shape index (κ2) is 6.09. The van der Waals surface area contributed by atoms with E-state index in [2.05, 4.69) is 15.1 Å². The lowest BCUT2D eigenvalue weighted by Crippen LogP contribution is -2.21. The summed E-state index contributed by atoms with van der Waals surface area (Å²) >= 11 is 0. The average Bonchev–Trinajstić information content (AvgIpc) is 2.52. The van der Waals surface area contributed by atoms with E-state index in [-0.39, 0.29) is 23.6 Å². The number of aromatic nitrogens is 2. The summed E-state index contributed by atoms with van der Waals surface area (Å²) in [5, 5.41) is 3.89. The average molecular weight is 300 g/mol. The number of oxime groups is 1. The van der Waals surface area contributed by atoms with Gasteiger partial charge in [0.05, 0.1) is 11.9 Å². The molecule has 0 aliphatic heterocycles. The van der Waals surface area contributed by atoms with Gasteiger partial charge in [0.2, 0.25) is 5.95 Å². The molecule has 1 aliphatic carbocycles. The molecule has 2 unspecified atom stereocenters. The zero-order valence-corrected chi connectivity index (χ0v) is 12.2. The topological polar surface area (TPSA) is 73.4 Å². The zero-order valence-electron chi connectivity index (χ0n) is 12.2. The summed E-state index contributed by atoms with van der Waals surface area (Å²) in [5.74, 6) is 0.319. The molecule has 0 amide bonds. The minimum atomic E-state index is -0.232. The van der Waals surface area contributed by atoms with Crippen molar-refractivity contribution < 1.29 is 9.23 Å². The molecule has 0 saturated heterocycles. The van der Waals surface area contributed by atoms with E-state index >= 15 is 0 Å². The Morgan fingerprint density at radius 3 is 2.86 bits per heavy atom. The van der Waals surface area contributed by atoms with Crippen LogP contribution in [0.25, 0.3) is 0 Å². The van der Waals surface area contributed by atoms with E-state index < -0.39 is 0 Å². The molecule has 114 valence electrons. The van der Waals surface area contributed by atoms with Gasteiger partial charge in [-0.1, -0.05) is 17.3 Å². The standard InChI is InChI=1S/C16H17FN4O/c1-22-20-8-12-6-11(10-2-4-13(17)5-3-10)7-15-14(12)9-19-16(18)21-15/h2-5,8-9,11-12H,6-7H2,1H3,(H2,18,19,21). The SMILES string of the molecule is CON=CC1CC(c2ccc(F)cc2)Cc2nc(N)ncc21. The van der Waals surface area contributed by atoms with Crippen molar-refractivity contribution in [2.24, 2.45) is 5.16 Å². The highest BCUT2D eigenvalue weighted by molar-refractivity contribution is 5.68. The lowest BCUT2D eigenvalue weighted by atomic mass is 9.77. The van der Waals surface area contributed by atoms with Crippen LogP contribution in [0.15, 0.2) is 35.6 Å². The van der Waals surface area contributed by atoms with E-state index in [1.165, 1.54) is 19.2 Å². The maximum Gasteiger partial charge on any atom is 0.220 e. The van der Waals surface area contributed by atoms with Crippen molar-refractivity contribution in [2.75, 3.05) is 12.8 Å². The smallest absolute Gasteiger partial charge is 0.220 e. The van der Waals surface area contributed by atoms with Crippen LogP contribution in [0, 0.1) is 5.82 Å². The van der Waals surface area contributed by atoms with E-state index in [1.807, 2.05) is 12.1 Å². The van der Waals surface area contributed by atoms with Crippen molar-refractivity contribution in [1.29, 1.82) is 0 Å². The summed E-state index contributed by atoms with van der Waals surface area (Å²) in [5.41, 5.74) is 8.72. The lowest BCUT2D eigenvalue weighted by molar-refractivity contribution is 0.213. The quantitative estimate of drug-likeness (QED) is 0.698. The summed E-state index contributed by atoms with van der Waals surface area (Å²) in [6, 6.07) is 6.61. The molecular formula is C16H17FN4O. The van der Waals surface area contributed by atoms with Crippen LogP contribution in [0.4, 0.5) is 10.3 Å². The van der Waals surface area contributed by atoms with Gasteiger partial charge in [-0.25, -0.2) is 14.4 Å². The van der Waals surface area contributed by atoms with Crippen LogP contribution in [-0.4, -0.2) is 23.3 Å². The molecule has 0 saturated carbocycles. The Labute approximate surface area is 128 Å². The van der Waals surface area contributed by atoms with E-state index in [1.54, 1.807) is 12.4 Å². The van der Waals surface area contributed by atoms with Crippen LogP contribution in [0.2, 0.25) is 0 Å². The van der Waals surface area contributed by atoms with Crippen molar-refractivity contribution in [1.82, 2.24) is 9.97 Å². The van der Waals surface area contributed by atoms with Crippen molar-refractivity contribution >= 4 is 12.2 Å². The van der Waals surface area contributed by atoms with E-state index in [0.29, 0.717) is 0 Å². The molecule has 1 aliphatic rings. The number of benzene rings is 1. The number of nitrogens with zero attached hydrogens (tertiary/aromatic N) is 3. The van der Waals surface area contributed by atoms with Crippen LogP contribution < -0.4 is 5.73 Å². The zero-order chi connectivity index (χ0) is 15.5. The van der Waals surface area contributed by atoms with Crippen LogP contribution in [0.3, 0.4) is 0 Å². The Bertz CT molecular complexity index is 687. The first-order valence-electron chi connectivity index (χ1n) is 7.10. The number of fused-ring (bicyclic) bond motifs is 1. The Kier molecular flexibility index (Phi) is 4.00. The fraction of sp³-hybridized carbons (Fsp3) is 0.312. The number of nitrogen functional groups attached to an aromatic ring is 1. The molecule has 2 N–H and O–H groups in total. The Morgan fingerprint density at radius 1 is 1.36 bits per heavy atom. The molecule has 5 nitrogen and oxygen atoms in total. The maximum absolute atomic E-state index is 13.1. The van der Waals surface area contributed by atoms with Crippen molar-refractivity contribution in [3.8, 4) is 0 Å². The Morgan fingerprint density at radius 2 is 2.14 bits per heavy atom. The van der Waals surface area contributed by atoms with Crippen molar-refractivity contribution in [3.05, 3.63) is 53.1 Å². The number of nitrogens with two attached hydrogens (primary N) is 1. The van der Waals surface area contributed by atoms with Gasteiger partial charge in [0.25, 0.3) is 0 Å². The maximum atomic E-state index is 13.1. The normalized spacial score (nSPS) is 20.8. The third-order valence-electron chi connectivity index (χ3n) is 3.98. The summed E-state index contributed by atoms with van der Waals surface area (Å²) in [6.45, 7) is 0. The minimum absolute atomic E-state index is 0.0550. The Balaban J connectivity index is 1.96. The second-order valence-corrected chi connectivity index (χ2v) is 5.36. The highest BCUT2D eigenvalue weighted by Crippen LogP contribution is 2.38. The van der Waals surface area contributed by atoms with Crippen LogP contribution in [-0.2, 0) is 11.3 Å². The second-order valence-electron chi connectivity index (χ2n) is 5.36. The largest absolute Gasteiger partial charge is 0.399 e. The number of hydrogen-bond donors (Lipinski definition) is 1. The van der Waals surface area contributed by atoms with Crippen LogP contribution in [0.5, 0.6) is 0 Å². The fourth-order valence-corrected chi connectivity index (χ4v) is 2.93. The van der Waals surface area contributed by atoms with Gasteiger partial charge in [-0.15, -0.1) is 0 Å². The first-order chi connectivity index (χ1) is 10.7. The van der Waals surface area contributed by atoms with Crippen molar-refractivity contribution in [2.45, 2.75) is 24.7 Å². The summed E-state index contributed by atoms with van der Waals surface area (Å²) < 4.78 is 13.1. The van der Waals surface area contributed by atoms with Gasteiger partial charge in [0.15, 0.2) is 0 Å². The summed E-state index contributed by atoms with van der Waals surface area (Å²) in [4.78, 5) is 13.2. The predicted molar refractivity (Wildman–Crippen MR) is 82.1 cm³/mol. The molecule has 6 heteroatoms. The third-order valence-corrected chi connectivity index (χ3v) is 3.98. The lowest BCUT2D eigenvalue weighted by Gasteiger charge is -2.28. The fourth-order valence-electron chi connectivity index (χ4n) is 2.93. The molecule has 0 radical (unpaired) electrons. The van der Waals surface area contributed by atoms with Gasteiger partial charge in [-0.3, -0.25) is 0 Å². The number of halogens is 1. The van der Waals surface area contributed by atoms with Gasteiger partial charge in [-0.2, -0.15) is 0 Å². The van der Waals surface area contributed by atoms with E-state index in [0.717, 1.165) is 29.7 Å². The predicted octanol–water partition coefficient (Wildman–Crippen LogP) is 2.64. The minimum Gasteiger partial charge on any atom is -0.399 e. The molecule has 1 heterocycles. The van der Waals surface area contributed by atoms with Crippen LogP contribution >= 0.6 is 0 Å². The molecule has 2 atom stereocenters. The molecule has 3 rings (SSSR count). The first kappa shape index (κ1) is 14.4. The van der Waals surface area contributed by atoms with Gasteiger partial charge < -0.3 is 10.6 Å². The molecule has 0 spiro atoms. The van der Waals surface area contributed by atoms with Crippen molar-refractivity contribution in [3.63, 3.8) is 0 Å². The monoisotopic (exact) mass is 300 g/mol. The van der Waals surface area contributed by atoms with Crippen LogP contribution in [0.1, 0.15) is 35.1 Å². The summed E-state index contributed by atoms with van der Waals surface area (Å²) in [6.07, 6.45) is 5.11. The van der Waals surface area contributed by atoms with Gasteiger partial charge in [0, 0.05) is 17.7 Å². The molecule has 0 fully saturated rings. The third kappa shape index (κ3) is 2.90. The van der Waals surface area contributed by atoms with Gasteiger partial charge in [0.1, 0.15) is 12.9 Å². The number of anilines is 1. The van der Waals surface area contributed by atoms with Gasteiger partial charge in [-0.05, 0) is 36.5 Å². The molecule has 2 aromatic rings. The molecular weight excluding hydrogens is 283 g/mol. The first-order valence-corrected chi connectivity index (χ1v) is 7.10. The molecule has 1 aromatic heterocycles. The van der Waals surface area contributed by atoms with E-state index in [4.69, 9.17) is 10.6 Å². The molecule has 1 aromatic carbocycles. The molecule has 22 heavy (non-hydrogen) atoms. The number of rotatable bonds is 3. The highest BCUT2D eigenvalue weighted by Gasteiger charge is 2.28. The Hall–Kier alpha value is -2.50. The summed E-state index contributed by atoms with van der Waals surface area (Å²) in [7, 11) is 1.51. The molecule has 0 bridgehead atoms. The highest BCUT2D eigenvalue weighted by atomic mass is 19.1.